The van der Waals surface area contributed by atoms with Gasteiger partial charge in [-0.1, -0.05) is 43.0 Å². The number of aromatic nitrogens is 3. The predicted molar refractivity (Wildman–Crippen MR) is 121 cm³/mol. The Kier molecular flexibility index (Phi) is 5.84. The molecule has 0 aliphatic carbocycles. The molecule has 0 bridgehead atoms. The normalized spacial score (nSPS) is 14.5. The molecule has 0 fully saturated rings. The van der Waals surface area contributed by atoms with Gasteiger partial charge in [-0.2, -0.15) is 0 Å². The Balaban J connectivity index is 2.10. The van der Waals surface area contributed by atoms with E-state index in [1.807, 2.05) is 38.1 Å². The Morgan fingerprint density at radius 3 is 2.62 bits per heavy atom. The van der Waals surface area contributed by atoms with Crippen LogP contribution in [0.2, 0.25) is 0 Å². The zero-order chi connectivity index (χ0) is 23.0. The number of anilines is 1. The first kappa shape index (κ1) is 21.8. The summed E-state index contributed by atoms with van der Waals surface area (Å²) in [6, 6.07) is 12.6. The first-order valence-corrected chi connectivity index (χ1v) is 11.2. The number of hydrogen-bond donors (Lipinski definition) is 1. The van der Waals surface area contributed by atoms with Crippen molar-refractivity contribution in [1.29, 1.82) is 0 Å². The van der Waals surface area contributed by atoms with E-state index in [4.69, 9.17) is 9.84 Å². The zero-order valence-electron chi connectivity index (χ0n) is 18.2. The van der Waals surface area contributed by atoms with E-state index in [1.54, 1.807) is 27.8 Å². The molecule has 0 unspecified atom stereocenters. The van der Waals surface area contributed by atoms with Crippen molar-refractivity contribution >= 4 is 29.3 Å². The van der Waals surface area contributed by atoms with Crippen LogP contribution >= 0.6 is 11.8 Å². The molecule has 1 N–H and O–H groups in total. The molecule has 32 heavy (non-hydrogen) atoms. The number of aromatic amines is 1. The lowest BCUT2D eigenvalue weighted by Gasteiger charge is -2.32. The minimum Gasteiger partial charge on any atom is -0.426 e. The number of thioether (sulfide) groups is 1. The van der Waals surface area contributed by atoms with E-state index in [0.717, 1.165) is 5.56 Å². The van der Waals surface area contributed by atoms with Crippen molar-refractivity contribution in [3.63, 3.8) is 0 Å². The average Bonchev–Trinajstić information content (AvgIpc) is 2.74. The lowest BCUT2D eigenvalue weighted by Crippen LogP contribution is -2.60. The molecule has 2 aromatic carbocycles. The second-order valence-corrected chi connectivity index (χ2v) is 8.60. The third-order valence-electron chi connectivity index (χ3n) is 5.14. The zero-order valence-corrected chi connectivity index (χ0v) is 19.0. The van der Waals surface area contributed by atoms with Crippen molar-refractivity contribution in [3.05, 3.63) is 63.9 Å². The van der Waals surface area contributed by atoms with Crippen LogP contribution in [0.1, 0.15) is 38.1 Å². The van der Waals surface area contributed by atoms with E-state index >= 15 is 0 Å². The summed E-state index contributed by atoms with van der Waals surface area (Å²) in [5, 5.41) is 5.13. The molecule has 4 rings (SSSR count). The third-order valence-corrected chi connectivity index (χ3v) is 5.89. The molecule has 0 radical (unpaired) electrons. The Bertz CT molecular complexity index is 1290. The number of hydrogen-bond acceptors (Lipinski definition) is 6. The minimum atomic E-state index is -0.815. The number of nitrogens with one attached hydrogen (secondary N) is 1. The standard InChI is InChI=1S/C23H22N4O4S/c1-5-32-23-24-21(30)19-16-10-6-7-12-18(16)26(14(3)28)22(27(19)25-23)17-11-8-9-13(2)20(17)31-15(4)29/h6-12,22H,5H2,1-4H3/p+1/t22-/m0/s1. The molecule has 0 saturated heterocycles. The summed E-state index contributed by atoms with van der Waals surface area (Å²) in [7, 11) is 0. The molecule has 1 aliphatic heterocycles. The van der Waals surface area contributed by atoms with Gasteiger partial charge in [0.05, 0.1) is 16.8 Å². The van der Waals surface area contributed by atoms with Gasteiger partial charge in [-0.3, -0.25) is 19.4 Å². The van der Waals surface area contributed by atoms with Crippen molar-refractivity contribution in [3.8, 4) is 17.0 Å². The number of para-hydroxylation sites is 2. The second-order valence-electron chi connectivity index (χ2n) is 7.35. The van der Waals surface area contributed by atoms with E-state index in [1.165, 1.54) is 25.6 Å². The lowest BCUT2D eigenvalue weighted by molar-refractivity contribution is -0.763. The van der Waals surface area contributed by atoms with Crippen LogP contribution in [0.4, 0.5) is 5.69 Å². The van der Waals surface area contributed by atoms with Gasteiger partial charge in [-0.05, 0) is 41.1 Å². The molecular formula is C23H23N4O4S+. The van der Waals surface area contributed by atoms with E-state index in [9.17, 15) is 14.4 Å². The number of fused-ring (bicyclic) bond motifs is 3. The van der Waals surface area contributed by atoms with Crippen LogP contribution in [-0.2, 0) is 9.59 Å². The number of amides is 1. The summed E-state index contributed by atoms with van der Waals surface area (Å²) in [6.07, 6.45) is -0.815. The molecular weight excluding hydrogens is 428 g/mol. The maximum Gasteiger partial charge on any atom is 0.325 e. The predicted octanol–water partition coefficient (Wildman–Crippen LogP) is 2.98. The van der Waals surface area contributed by atoms with Gasteiger partial charge in [0, 0.05) is 18.9 Å². The molecule has 9 heteroatoms. The van der Waals surface area contributed by atoms with Crippen molar-refractivity contribution in [1.82, 2.24) is 10.1 Å². The summed E-state index contributed by atoms with van der Waals surface area (Å²) in [5.74, 6) is 0.351. The maximum absolute atomic E-state index is 13.2. The molecule has 1 amide bonds. The van der Waals surface area contributed by atoms with Crippen LogP contribution in [0.15, 0.2) is 52.4 Å². The second kappa shape index (κ2) is 8.58. The number of esters is 1. The van der Waals surface area contributed by atoms with Gasteiger partial charge >= 0.3 is 17.2 Å². The van der Waals surface area contributed by atoms with E-state index in [0.29, 0.717) is 39.2 Å². The Morgan fingerprint density at radius 1 is 1.19 bits per heavy atom. The SMILES string of the molecule is CCSc1n[n+]2c(c(=O)[nH]1)-c1ccccc1N(C(C)=O)[C@@H]2c1cccc(C)c1OC(C)=O. The highest BCUT2D eigenvalue weighted by Crippen LogP contribution is 2.40. The van der Waals surface area contributed by atoms with Crippen molar-refractivity contribution in [2.24, 2.45) is 0 Å². The van der Waals surface area contributed by atoms with E-state index in [2.05, 4.69) is 4.98 Å². The van der Waals surface area contributed by atoms with Gasteiger partial charge in [0.15, 0.2) is 0 Å². The maximum atomic E-state index is 13.2. The molecule has 1 aromatic heterocycles. The van der Waals surface area contributed by atoms with Gasteiger partial charge in [0.2, 0.25) is 11.1 Å². The smallest absolute Gasteiger partial charge is 0.325 e. The van der Waals surface area contributed by atoms with Crippen LogP contribution in [-0.4, -0.2) is 27.7 Å². The topological polar surface area (TPSA) is 96.2 Å². The van der Waals surface area contributed by atoms with Crippen LogP contribution in [0.25, 0.3) is 11.3 Å². The molecule has 8 nitrogen and oxygen atoms in total. The number of aryl methyl sites for hydroxylation is 1. The molecule has 164 valence electrons. The summed E-state index contributed by atoms with van der Waals surface area (Å²) in [5.41, 5.74) is 2.50. The number of carbonyl (C=O) groups excluding carboxylic acids is 2. The van der Waals surface area contributed by atoms with Gasteiger partial charge in [-0.15, -0.1) is 0 Å². The number of carbonyl (C=O) groups is 2. The van der Waals surface area contributed by atoms with Gasteiger partial charge in [-0.25, -0.2) is 4.90 Å². The van der Waals surface area contributed by atoms with Crippen LogP contribution < -0.4 is 19.9 Å². The molecule has 2 heterocycles. The number of rotatable bonds is 4. The molecule has 1 atom stereocenters. The van der Waals surface area contributed by atoms with Gasteiger partial charge < -0.3 is 4.74 Å². The van der Waals surface area contributed by atoms with Crippen LogP contribution in [0.5, 0.6) is 5.75 Å². The highest BCUT2D eigenvalue weighted by Gasteiger charge is 2.46. The fourth-order valence-electron chi connectivity index (χ4n) is 3.96. The first-order chi connectivity index (χ1) is 15.3. The van der Waals surface area contributed by atoms with E-state index in [-0.39, 0.29) is 11.5 Å². The summed E-state index contributed by atoms with van der Waals surface area (Å²) in [4.78, 5) is 42.4. The average molecular weight is 452 g/mol. The molecule has 0 spiro atoms. The fraction of sp³-hybridized carbons (Fsp3) is 0.261. The molecule has 3 aromatic rings. The third kappa shape index (κ3) is 3.69. The highest BCUT2D eigenvalue weighted by molar-refractivity contribution is 7.99. The number of benzene rings is 2. The molecule has 1 aliphatic rings. The van der Waals surface area contributed by atoms with Gasteiger partial charge in [0.1, 0.15) is 5.75 Å². The summed E-state index contributed by atoms with van der Waals surface area (Å²) in [6.45, 7) is 6.58. The summed E-state index contributed by atoms with van der Waals surface area (Å²) < 4.78 is 7.12. The van der Waals surface area contributed by atoms with Crippen molar-refractivity contribution in [2.75, 3.05) is 10.7 Å². The quantitative estimate of drug-likeness (QED) is 0.284. The lowest BCUT2D eigenvalue weighted by atomic mass is 9.99. The molecule has 0 saturated carbocycles. The number of ether oxygens (including phenoxy) is 1. The largest absolute Gasteiger partial charge is 0.426 e. The first-order valence-electron chi connectivity index (χ1n) is 10.2. The Morgan fingerprint density at radius 2 is 1.94 bits per heavy atom. The van der Waals surface area contributed by atoms with E-state index < -0.39 is 12.1 Å². The van der Waals surface area contributed by atoms with Crippen LogP contribution in [0.3, 0.4) is 0 Å². The highest BCUT2D eigenvalue weighted by atomic mass is 32.2. The Labute approximate surface area is 189 Å². The Hall–Kier alpha value is -3.46. The fourth-order valence-corrected chi connectivity index (χ4v) is 4.54. The van der Waals surface area contributed by atoms with Crippen molar-refractivity contribution < 1.29 is 19.0 Å². The number of nitrogens with zero attached hydrogens (tertiary/aromatic N) is 3. The van der Waals surface area contributed by atoms with Crippen molar-refractivity contribution in [2.45, 2.75) is 39.0 Å². The monoisotopic (exact) mass is 451 g/mol. The minimum absolute atomic E-state index is 0.234. The summed E-state index contributed by atoms with van der Waals surface area (Å²) >= 11 is 1.39. The number of H-pyrrole nitrogens is 1. The van der Waals surface area contributed by atoms with Crippen LogP contribution in [0, 0.1) is 6.92 Å². The van der Waals surface area contributed by atoms with Gasteiger partial charge in [0.25, 0.3) is 6.17 Å².